The number of hydrogen-bond acceptors (Lipinski definition) is 3. The second-order valence-electron chi connectivity index (χ2n) is 5.37. The Morgan fingerprint density at radius 1 is 1.00 bits per heavy atom. The number of hydrogen-bond donors (Lipinski definition) is 2. The van der Waals surface area contributed by atoms with E-state index in [1.165, 1.54) is 0 Å². The first kappa shape index (κ1) is 18.9. The van der Waals surface area contributed by atoms with Crippen molar-refractivity contribution < 1.29 is 9.47 Å². The summed E-state index contributed by atoms with van der Waals surface area (Å²) in [7, 11) is 5.07. The fourth-order valence-corrected chi connectivity index (χ4v) is 2.65. The molecule has 0 bridgehead atoms. The zero-order valence-corrected chi connectivity index (χ0v) is 15.6. The van der Waals surface area contributed by atoms with Gasteiger partial charge in [-0.3, -0.25) is 4.99 Å². The summed E-state index contributed by atoms with van der Waals surface area (Å²) in [5, 5.41) is 7.24. The van der Waals surface area contributed by atoms with Gasteiger partial charge in [0.05, 0.1) is 14.2 Å². The van der Waals surface area contributed by atoms with E-state index in [1.807, 2.05) is 30.3 Å². The predicted octanol–water partition coefficient (Wildman–Crippen LogP) is 3.26. The van der Waals surface area contributed by atoms with Gasteiger partial charge in [0.15, 0.2) is 5.96 Å². The van der Waals surface area contributed by atoms with Crippen LogP contribution in [0.1, 0.15) is 11.1 Å². The van der Waals surface area contributed by atoms with Crippen LogP contribution in [0.2, 0.25) is 5.02 Å². The van der Waals surface area contributed by atoms with E-state index in [-0.39, 0.29) is 0 Å². The number of para-hydroxylation sites is 1. The van der Waals surface area contributed by atoms with Crippen LogP contribution in [0.15, 0.2) is 47.5 Å². The van der Waals surface area contributed by atoms with Crippen LogP contribution in [-0.4, -0.2) is 33.8 Å². The van der Waals surface area contributed by atoms with Gasteiger partial charge in [0.1, 0.15) is 11.5 Å². The average Bonchev–Trinajstić information content (AvgIpc) is 2.65. The molecule has 25 heavy (non-hydrogen) atoms. The lowest BCUT2D eigenvalue weighted by Gasteiger charge is -2.14. The average molecular weight is 362 g/mol. The van der Waals surface area contributed by atoms with E-state index in [0.29, 0.717) is 11.6 Å². The number of nitrogens with zero attached hydrogens (tertiary/aromatic N) is 1. The van der Waals surface area contributed by atoms with E-state index in [0.717, 1.165) is 41.6 Å². The van der Waals surface area contributed by atoms with Gasteiger partial charge in [0, 0.05) is 30.7 Å². The van der Waals surface area contributed by atoms with Crippen molar-refractivity contribution in [2.45, 2.75) is 13.0 Å². The molecule has 5 nitrogen and oxygen atoms in total. The summed E-state index contributed by atoms with van der Waals surface area (Å²) >= 11 is 5.99. The van der Waals surface area contributed by atoms with Gasteiger partial charge in [0.2, 0.25) is 0 Å². The van der Waals surface area contributed by atoms with Crippen LogP contribution in [0.5, 0.6) is 11.5 Å². The fourth-order valence-electron chi connectivity index (χ4n) is 2.49. The molecule has 0 aliphatic rings. The van der Waals surface area contributed by atoms with Crippen LogP contribution < -0.4 is 20.1 Å². The highest BCUT2D eigenvalue weighted by molar-refractivity contribution is 6.30. The number of guanidine groups is 1. The number of nitrogens with one attached hydrogen (secondary N) is 2. The molecular weight excluding hydrogens is 338 g/mol. The molecule has 6 heteroatoms. The topological polar surface area (TPSA) is 54.9 Å². The van der Waals surface area contributed by atoms with Crippen LogP contribution in [-0.2, 0) is 13.0 Å². The van der Waals surface area contributed by atoms with Crippen molar-refractivity contribution in [3.05, 3.63) is 58.6 Å². The van der Waals surface area contributed by atoms with Crippen LogP contribution >= 0.6 is 11.6 Å². The molecule has 0 fully saturated rings. The molecule has 0 unspecified atom stereocenters. The molecule has 2 rings (SSSR count). The predicted molar refractivity (Wildman–Crippen MR) is 103 cm³/mol. The molecule has 0 radical (unpaired) electrons. The molecule has 0 amide bonds. The highest BCUT2D eigenvalue weighted by atomic mass is 35.5. The van der Waals surface area contributed by atoms with Gasteiger partial charge >= 0.3 is 0 Å². The van der Waals surface area contributed by atoms with E-state index in [2.05, 4.69) is 21.7 Å². The number of halogens is 1. The van der Waals surface area contributed by atoms with Crippen LogP contribution in [0, 0.1) is 0 Å². The second kappa shape index (κ2) is 9.79. The molecule has 0 heterocycles. The summed E-state index contributed by atoms with van der Waals surface area (Å²) in [5.74, 6) is 2.38. The summed E-state index contributed by atoms with van der Waals surface area (Å²) in [6, 6.07) is 13.6. The van der Waals surface area contributed by atoms with Gasteiger partial charge in [-0.2, -0.15) is 0 Å². The zero-order valence-electron chi connectivity index (χ0n) is 14.8. The lowest BCUT2D eigenvalue weighted by atomic mass is 10.1. The van der Waals surface area contributed by atoms with E-state index < -0.39 is 0 Å². The number of methoxy groups -OCH3 is 2. The Morgan fingerprint density at radius 3 is 2.48 bits per heavy atom. The lowest BCUT2D eigenvalue weighted by Crippen LogP contribution is -2.37. The van der Waals surface area contributed by atoms with Crippen molar-refractivity contribution in [1.29, 1.82) is 0 Å². The third-order valence-electron chi connectivity index (χ3n) is 3.80. The number of benzene rings is 2. The van der Waals surface area contributed by atoms with Crippen LogP contribution in [0.4, 0.5) is 0 Å². The monoisotopic (exact) mass is 361 g/mol. The Balaban J connectivity index is 1.87. The Kier molecular flexibility index (Phi) is 7.41. The van der Waals surface area contributed by atoms with Gasteiger partial charge in [0.25, 0.3) is 0 Å². The molecule has 0 saturated carbocycles. The van der Waals surface area contributed by atoms with Gasteiger partial charge in [-0.15, -0.1) is 0 Å². The molecule has 0 aliphatic heterocycles. The van der Waals surface area contributed by atoms with E-state index in [1.54, 1.807) is 27.3 Å². The van der Waals surface area contributed by atoms with Gasteiger partial charge < -0.3 is 20.1 Å². The van der Waals surface area contributed by atoms with Gasteiger partial charge in [-0.25, -0.2) is 0 Å². The molecule has 0 spiro atoms. The van der Waals surface area contributed by atoms with E-state index in [9.17, 15) is 0 Å². The quantitative estimate of drug-likeness (QED) is 0.587. The minimum atomic E-state index is 0.592. The van der Waals surface area contributed by atoms with Gasteiger partial charge in [-0.1, -0.05) is 35.9 Å². The minimum absolute atomic E-state index is 0.592. The number of rotatable bonds is 7. The SMILES string of the molecule is CN=C(NCCc1ccccc1OC)NCc1ccc(Cl)cc1OC. The van der Waals surface area contributed by atoms with Crippen LogP contribution in [0.3, 0.4) is 0 Å². The Labute approximate surface area is 154 Å². The third-order valence-corrected chi connectivity index (χ3v) is 4.03. The van der Waals surface area contributed by atoms with Crippen molar-refractivity contribution in [2.75, 3.05) is 27.8 Å². The molecule has 0 aliphatic carbocycles. The maximum Gasteiger partial charge on any atom is 0.191 e. The molecule has 2 N–H and O–H groups in total. The Hall–Kier alpha value is -2.40. The Morgan fingerprint density at radius 2 is 1.76 bits per heavy atom. The summed E-state index contributed by atoms with van der Waals surface area (Å²) in [5.41, 5.74) is 2.17. The minimum Gasteiger partial charge on any atom is -0.496 e. The maximum absolute atomic E-state index is 5.99. The van der Waals surface area contributed by atoms with Crippen LogP contribution in [0.25, 0.3) is 0 Å². The second-order valence-corrected chi connectivity index (χ2v) is 5.81. The first-order valence-corrected chi connectivity index (χ1v) is 8.44. The van der Waals surface area contributed by atoms with Crippen molar-refractivity contribution in [2.24, 2.45) is 4.99 Å². The molecule has 2 aromatic rings. The molecule has 0 saturated heterocycles. The molecule has 2 aromatic carbocycles. The summed E-state index contributed by atoms with van der Waals surface area (Å²) in [6.07, 6.45) is 0.842. The summed E-state index contributed by atoms with van der Waals surface area (Å²) in [4.78, 5) is 4.25. The number of ether oxygens (including phenoxy) is 2. The van der Waals surface area contributed by atoms with Crippen molar-refractivity contribution in [1.82, 2.24) is 10.6 Å². The highest BCUT2D eigenvalue weighted by Crippen LogP contribution is 2.22. The van der Waals surface area contributed by atoms with Crippen molar-refractivity contribution in [3.8, 4) is 11.5 Å². The fraction of sp³-hybridized carbons (Fsp3) is 0.316. The first-order chi connectivity index (χ1) is 12.2. The Bertz CT molecular complexity index is 720. The molecule has 0 aromatic heterocycles. The van der Waals surface area contributed by atoms with Crippen molar-refractivity contribution in [3.63, 3.8) is 0 Å². The maximum atomic E-state index is 5.99. The lowest BCUT2D eigenvalue weighted by molar-refractivity contribution is 0.409. The van der Waals surface area contributed by atoms with Gasteiger partial charge in [-0.05, 0) is 30.2 Å². The standard InChI is InChI=1S/C19H24ClN3O2/c1-21-19(22-11-10-14-6-4-5-7-17(14)24-2)23-13-15-8-9-16(20)12-18(15)25-3/h4-9,12H,10-11,13H2,1-3H3,(H2,21,22,23). The van der Waals surface area contributed by atoms with E-state index >= 15 is 0 Å². The zero-order chi connectivity index (χ0) is 18.1. The third kappa shape index (κ3) is 5.57. The number of aliphatic imine (C=N–C) groups is 1. The molecule has 134 valence electrons. The first-order valence-electron chi connectivity index (χ1n) is 8.06. The highest BCUT2D eigenvalue weighted by Gasteiger charge is 2.06. The smallest absolute Gasteiger partial charge is 0.191 e. The molecular formula is C19H24ClN3O2. The van der Waals surface area contributed by atoms with Crippen molar-refractivity contribution >= 4 is 17.6 Å². The summed E-state index contributed by atoms with van der Waals surface area (Å²) in [6.45, 7) is 1.34. The molecule has 0 atom stereocenters. The van der Waals surface area contributed by atoms with E-state index in [4.69, 9.17) is 21.1 Å². The summed E-state index contributed by atoms with van der Waals surface area (Å²) < 4.78 is 10.7. The normalized spacial score (nSPS) is 11.1. The largest absolute Gasteiger partial charge is 0.496 e.